The zero-order valence-electron chi connectivity index (χ0n) is 11.6. The molecule has 0 radical (unpaired) electrons. The van der Waals surface area contributed by atoms with E-state index in [4.69, 9.17) is 4.74 Å². The van der Waals surface area contributed by atoms with E-state index >= 15 is 0 Å². The third-order valence-electron chi connectivity index (χ3n) is 4.23. The van der Waals surface area contributed by atoms with Crippen LogP contribution in [0.2, 0.25) is 0 Å². The fourth-order valence-corrected chi connectivity index (χ4v) is 2.81. The molecular formula is C15H29NO. The molecule has 0 heterocycles. The number of hydrogen-bond acceptors (Lipinski definition) is 2. The van der Waals surface area contributed by atoms with Crippen LogP contribution >= 0.6 is 0 Å². The van der Waals surface area contributed by atoms with Crippen LogP contribution < -0.4 is 5.32 Å². The van der Waals surface area contributed by atoms with Crippen LogP contribution in [0.4, 0.5) is 0 Å². The van der Waals surface area contributed by atoms with Crippen molar-refractivity contribution in [1.82, 2.24) is 5.32 Å². The first-order valence-corrected chi connectivity index (χ1v) is 7.58. The largest absolute Gasteiger partial charge is 0.374 e. The molecule has 2 fully saturated rings. The van der Waals surface area contributed by atoms with Crippen molar-refractivity contribution >= 4 is 0 Å². The van der Waals surface area contributed by atoms with Gasteiger partial charge in [-0.3, -0.25) is 0 Å². The molecule has 0 aliphatic heterocycles. The molecule has 2 aliphatic carbocycles. The SMILES string of the molecule is CC(C)NCC1(OCCC2CC2)CCCCC1. The van der Waals surface area contributed by atoms with Crippen LogP contribution in [-0.2, 0) is 4.74 Å². The van der Waals surface area contributed by atoms with E-state index in [1.54, 1.807) is 0 Å². The maximum absolute atomic E-state index is 6.31. The van der Waals surface area contributed by atoms with Gasteiger partial charge in [0, 0.05) is 19.2 Å². The van der Waals surface area contributed by atoms with Crippen LogP contribution in [0.1, 0.15) is 65.2 Å². The van der Waals surface area contributed by atoms with Gasteiger partial charge in [0.05, 0.1) is 5.60 Å². The summed E-state index contributed by atoms with van der Waals surface area (Å²) >= 11 is 0. The van der Waals surface area contributed by atoms with Gasteiger partial charge < -0.3 is 10.1 Å². The molecule has 17 heavy (non-hydrogen) atoms. The molecular weight excluding hydrogens is 210 g/mol. The maximum atomic E-state index is 6.31. The Morgan fingerprint density at radius 2 is 1.88 bits per heavy atom. The summed E-state index contributed by atoms with van der Waals surface area (Å²) in [6, 6.07) is 0.570. The minimum atomic E-state index is 0.164. The summed E-state index contributed by atoms with van der Waals surface area (Å²) in [4.78, 5) is 0. The zero-order chi connectivity index (χ0) is 12.1. The van der Waals surface area contributed by atoms with Crippen molar-refractivity contribution < 1.29 is 4.74 Å². The van der Waals surface area contributed by atoms with Crippen molar-refractivity contribution in [3.05, 3.63) is 0 Å². The van der Waals surface area contributed by atoms with E-state index in [0.717, 1.165) is 19.1 Å². The molecule has 0 aromatic rings. The lowest BCUT2D eigenvalue weighted by Crippen LogP contribution is -2.46. The van der Waals surface area contributed by atoms with Crippen LogP contribution in [-0.4, -0.2) is 24.8 Å². The second kappa shape index (κ2) is 6.19. The van der Waals surface area contributed by atoms with Gasteiger partial charge >= 0.3 is 0 Å². The van der Waals surface area contributed by atoms with E-state index in [1.807, 2.05) is 0 Å². The summed E-state index contributed by atoms with van der Waals surface area (Å²) in [5, 5.41) is 3.58. The molecule has 0 atom stereocenters. The molecule has 0 spiro atoms. The van der Waals surface area contributed by atoms with Gasteiger partial charge in [-0.25, -0.2) is 0 Å². The van der Waals surface area contributed by atoms with Crippen molar-refractivity contribution in [1.29, 1.82) is 0 Å². The quantitative estimate of drug-likeness (QED) is 0.734. The van der Waals surface area contributed by atoms with Gasteiger partial charge in [-0.15, -0.1) is 0 Å². The number of rotatable bonds is 7. The summed E-state index contributed by atoms with van der Waals surface area (Å²) in [6.45, 7) is 6.49. The molecule has 2 rings (SSSR count). The smallest absolute Gasteiger partial charge is 0.0806 e. The number of nitrogens with one attached hydrogen (secondary N) is 1. The van der Waals surface area contributed by atoms with Gasteiger partial charge in [-0.1, -0.05) is 46.0 Å². The Morgan fingerprint density at radius 1 is 1.18 bits per heavy atom. The van der Waals surface area contributed by atoms with Crippen molar-refractivity contribution in [2.24, 2.45) is 5.92 Å². The fourth-order valence-electron chi connectivity index (χ4n) is 2.81. The van der Waals surface area contributed by atoms with Gasteiger partial charge in [0.2, 0.25) is 0 Å². The van der Waals surface area contributed by atoms with Crippen LogP contribution in [0.25, 0.3) is 0 Å². The highest BCUT2D eigenvalue weighted by Crippen LogP contribution is 2.35. The molecule has 0 amide bonds. The second-order valence-corrected chi connectivity index (χ2v) is 6.36. The Labute approximate surface area is 107 Å². The predicted octanol–water partition coefficient (Wildman–Crippen LogP) is 3.50. The van der Waals surface area contributed by atoms with Gasteiger partial charge in [-0.2, -0.15) is 0 Å². The summed E-state index contributed by atoms with van der Waals surface area (Å²) in [6.07, 6.45) is 10.8. The van der Waals surface area contributed by atoms with Crippen molar-refractivity contribution in [2.75, 3.05) is 13.2 Å². The predicted molar refractivity (Wildman–Crippen MR) is 72.2 cm³/mol. The van der Waals surface area contributed by atoms with Crippen LogP contribution in [0.15, 0.2) is 0 Å². The van der Waals surface area contributed by atoms with E-state index < -0.39 is 0 Å². The molecule has 2 nitrogen and oxygen atoms in total. The first kappa shape index (κ1) is 13.4. The average Bonchev–Trinajstić information content (AvgIpc) is 3.12. The van der Waals surface area contributed by atoms with Crippen LogP contribution in [0.5, 0.6) is 0 Å². The first-order chi connectivity index (χ1) is 8.20. The molecule has 2 aliphatic rings. The highest BCUT2D eigenvalue weighted by Gasteiger charge is 2.33. The molecule has 0 saturated heterocycles. The summed E-state index contributed by atoms with van der Waals surface area (Å²) in [5.41, 5.74) is 0.164. The molecule has 2 saturated carbocycles. The normalized spacial score (nSPS) is 24.2. The lowest BCUT2D eigenvalue weighted by molar-refractivity contribution is -0.0712. The highest BCUT2D eigenvalue weighted by atomic mass is 16.5. The Morgan fingerprint density at radius 3 is 2.47 bits per heavy atom. The van der Waals surface area contributed by atoms with Crippen molar-refractivity contribution in [3.8, 4) is 0 Å². The monoisotopic (exact) mass is 239 g/mol. The highest BCUT2D eigenvalue weighted by molar-refractivity contribution is 4.87. The molecule has 1 N–H and O–H groups in total. The summed E-state index contributed by atoms with van der Waals surface area (Å²) in [7, 11) is 0. The lowest BCUT2D eigenvalue weighted by atomic mass is 9.84. The van der Waals surface area contributed by atoms with Crippen LogP contribution in [0, 0.1) is 5.92 Å². The number of hydrogen-bond donors (Lipinski definition) is 1. The van der Waals surface area contributed by atoms with Crippen molar-refractivity contribution in [3.63, 3.8) is 0 Å². The van der Waals surface area contributed by atoms with Gasteiger partial charge in [0.1, 0.15) is 0 Å². The minimum Gasteiger partial charge on any atom is -0.374 e. The maximum Gasteiger partial charge on any atom is 0.0806 e. The Balaban J connectivity index is 1.76. The summed E-state index contributed by atoms with van der Waals surface area (Å²) in [5.74, 6) is 0.994. The lowest BCUT2D eigenvalue weighted by Gasteiger charge is -2.38. The van der Waals surface area contributed by atoms with Crippen molar-refractivity contribution in [2.45, 2.75) is 76.9 Å². The fraction of sp³-hybridized carbons (Fsp3) is 1.00. The zero-order valence-corrected chi connectivity index (χ0v) is 11.6. The molecule has 0 unspecified atom stereocenters. The van der Waals surface area contributed by atoms with E-state index in [9.17, 15) is 0 Å². The Bertz CT molecular complexity index is 217. The van der Waals surface area contributed by atoms with E-state index in [-0.39, 0.29) is 5.60 Å². The van der Waals surface area contributed by atoms with E-state index in [1.165, 1.54) is 51.4 Å². The average molecular weight is 239 g/mol. The molecule has 2 heteroatoms. The first-order valence-electron chi connectivity index (χ1n) is 7.58. The standard InChI is InChI=1S/C15H29NO/c1-13(2)16-12-15(9-4-3-5-10-15)17-11-8-14-6-7-14/h13-14,16H,3-12H2,1-2H3. The van der Waals surface area contributed by atoms with Gasteiger partial charge in [0.15, 0.2) is 0 Å². The van der Waals surface area contributed by atoms with E-state index in [0.29, 0.717) is 6.04 Å². The minimum absolute atomic E-state index is 0.164. The van der Waals surface area contributed by atoms with Gasteiger partial charge in [0.25, 0.3) is 0 Å². The van der Waals surface area contributed by atoms with Crippen LogP contribution in [0.3, 0.4) is 0 Å². The molecule has 0 bridgehead atoms. The Kier molecular flexibility index (Phi) is 4.87. The Hall–Kier alpha value is -0.0800. The summed E-state index contributed by atoms with van der Waals surface area (Å²) < 4.78 is 6.31. The third kappa shape index (κ3) is 4.59. The molecule has 100 valence electrons. The third-order valence-corrected chi connectivity index (χ3v) is 4.23. The topological polar surface area (TPSA) is 21.3 Å². The molecule has 0 aromatic carbocycles. The van der Waals surface area contributed by atoms with Gasteiger partial charge in [-0.05, 0) is 25.2 Å². The van der Waals surface area contributed by atoms with E-state index in [2.05, 4.69) is 19.2 Å². The molecule has 0 aromatic heterocycles. The number of ether oxygens (including phenoxy) is 1. The second-order valence-electron chi connectivity index (χ2n) is 6.36.